The average Bonchev–Trinajstić information content (AvgIpc) is 2.31. The maximum absolute atomic E-state index is 5.41. The van der Waals surface area contributed by atoms with Crippen LogP contribution in [-0.2, 0) is 0 Å². The summed E-state index contributed by atoms with van der Waals surface area (Å²) in [6.07, 6.45) is 8.75. The number of hydrogen-bond acceptors (Lipinski definition) is 3. The molecule has 0 amide bonds. The molecule has 0 spiro atoms. The van der Waals surface area contributed by atoms with E-state index in [9.17, 15) is 0 Å². The monoisotopic (exact) mass is 237 g/mol. The fourth-order valence-electron chi connectivity index (χ4n) is 2.07. The molecule has 0 unspecified atom stereocenters. The minimum atomic E-state index is 0.685. The molecule has 0 N–H and O–H groups in total. The number of rotatable bonds is 4. The smallest absolute Gasteiger partial charge is 0.214 e. The molecule has 16 heavy (non-hydrogen) atoms. The van der Waals surface area contributed by atoms with Crippen LogP contribution in [0.15, 0.2) is 23.2 Å². The molecule has 0 atom stereocenters. The van der Waals surface area contributed by atoms with Gasteiger partial charge in [-0.1, -0.05) is 19.3 Å². The highest BCUT2D eigenvalue weighted by atomic mass is 32.2. The summed E-state index contributed by atoms with van der Waals surface area (Å²) in [7, 11) is 0. The first-order valence-electron chi connectivity index (χ1n) is 6.14. The van der Waals surface area contributed by atoms with Gasteiger partial charge in [-0.15, -0.1) is 11.8 Å². The molecule has 1 heterocycles. The van der Waals surface area contributed by atoms with Crippen LogP contribution in [0.3, 0.4) is 0 Å². The lowest BCUT2D eigenvalue weighted by atomic mass is 10.0. The molecule has 1 aliphatic rings. The van der Waals surface area contributed by atoms with Crippen molar-refractivity contribution in [3.05, 3.63) is 18.3 Å². The molecular weight excluding hydrogens is 218 g/mol. The summed E-state index contributed by atoms with van der Waals surface area (Å²) in [6.45, 7) is 2.67. The van der Waals surface area contributed by atoms with E-state index >= 15 is 0 Å². The van der Waals surface area contributed by atoms with Crippen LogP contribution < -0.4 is 4.74 Å². The Hall–Kier alpha value is -0.700. The molecular formula is C13H19NOS. The van der Waals surface area contributed by atoms with Crippen molar-refractivity contribution >= 4 is 11.8 Å². The highest BCUT2D eigenvalue weighted by Gasteiger charge is 2.14. The van der Waals surface area contributed by atoms with E-state index in [4.69, 9.17) is 4.74 Å². The Morgan fingerprint density at radius 2 is 2.19 bits per heavy atom. The highest BCUT2D eigenvalue weighted by molar-refractivity contribution is 8.00. The first-order valence-corrected chi connectivity index (χ1v) is 7.02. The summed E-state index contributed by atoms with van der Waals surface area (Å²) in [4.78, 5) is 5.48. The standard InChI is InChI=1S/C13H19NOS/c1-2-15-13-10-12(8-9-14-13)16-11-6-4-3-5-7-11/h8-11H,2-7H2,1H3. The molecule has 1 aromatic rings. The van der Waals surface area contributed by atoms with Gasteiger partial charge in [0, 0.05) is 22.4 Å². The van der Waals surface area contributed by atoms with Gasteiger partial charge in [-0.3, -0.25) is 0 Å². The Bertz CT molecular complexity index is 323. The second-order valence-electron chi connectivity index (χ2n) is 4.14. The number of ether oxygens (including phenoxy) is 1. The Kier molecular flexibility index (Phi) is 4.52. The third kappa shape index (κ3) is 3.41. The minimum absolute atomic E-state index is 0.685. The van der Waals surface area contributed by atoms with E-state index in [1.165, 1.54) is 37.0 Å². The van der Waals surface area contributed by atoms with E-state index in [1.54, 1.807) is 0 Å². The molecule has 2 rings (SSSR count). The lowest BCUT2D eigenvalue weighted by Crippen LogP contribution is -2.07. The third-order valence-corrected chi connectivity index (χ3v) is 4.18. The molecule has 0 bridgehead atoms. The van der Waals surface area contributed by atoms with E-state index in [0.29, 0.717) is 6.61 Å². The number of thioether (sulfide) groups is 1. The molecule has 1 aromatic heterocycles. The van der Waals surface area contributed by atoms with Gasteiger partial charge in [0.2, 0.25) is 5.88 Å². The van der Waals surface area contributed by atoms with Crippen LogP contribution in [0.4, 0.5) is 0 Å². The molecule has 0 aromatic carbocycles. The number of pyridine rings is 1. The molecule has 3 heteroatoms. The van der Waals surface area contributed by atoms with Gasteiger partial charge in [0.25, 0.3) is 0 Å². The van der Waals surface area contributed by atoms with Crippen molar-refractivity contribution < 1.29 is 4.74 Å². The van der Waals surface area contributed by atoms with Crippen molar-refractivity contribution in [2.45, 2.75) is 49.2 Å². The summed E-state index contributed by atoms with van der Waals surface area (Å²) >= 11 is 1.98. The van der Waals surface area contributed by atoms with Gasteiger partial charge in [0.1, 0.15) is 0 Å². The second-order valence-corrected chi connectivity index (χ2v) is 5.51. The molecule has 88 valence electrons. The second kappa shape index (κ2) is 6.14. The van der Waals surface area contributed by atoms with Crippen molar-refractivity contribution in [2.24, 2.45) is 0 Å². The van der Waals surface area contributed by atoms with Crippen LogP contribution in [-0.4, -0.2) is 16.8 Å². The van der Waals surface area contributed by atoms with Crippen LogP contribution in [0.5, 0.6) is 5.88 Å². The Morgan fingerprint density at radius 3 is 2.94 bits per heavy atom. The van der Waals surface area contributed by atoms with Crippen molar-refractivity contribution in [1.82, 2.24) is 4.98 Å². The number of aromatic nitrogens is 1. The van der Waals surface area contributed by atoms with Crippen LogP contribution in [0.2, 0.25) is 0 Å². The van der Waals surface area contributed by atoms with Gasteiger partial charge >= 0.3 is 0 Å². The third-order valence-electron chi connectivity index (χ3n) is 2.85. The maximum atomic E-state index is 5.41. The van der Waals surface area contributed by atoms with E-state index in [-0.39, 0.29) is 0 Å². The van der Waals surface area contributed by atoms with Gasteiger partial charge in [-0.05, 0) is 25.8 Å². The summed E-state index contributed by atoms with van der Waals surface area (Å²) in [5.41, 5.74) is 0. The van der Waals surface area contributed by atoms with Crippen molar-refractivity contribution in [3.63, 3.8) is 0 Å². The van der Waals surface area contributed by atoms with E-state index < -0.39 is 0 Å². The predicted octanol–water partition coefficient (Wildman–Crippen LogP) is 3.91. The topological polar surface area (TPSA) is 22.1 Å². The predicted molar refractivity (Wildman–Crippen MR) is 68.1 cm³/mol. The van der Waals surface area contributed by atoms with Crippen molar-refractivity contribution in [1.29, 1.82) is 0 Å². The summed E-state index contributed by atoms with van der Waals surface area (Å²) < 4.78 is 5.41. The lowest BCUT2D eigenvalue weighted by Gasteiger charge is -2.20. The van der Waals surface area contributed by atoms with Crippen LogP contribution in [0.25, 0.3) is 0 Å². The van der Waals surface area contributed by atoms with E-state index in [2.05, 4.69) is 17.1 Å². The molecule has 0 saturated heterocycles. The molecule has 1 aliphatic carbocycles. The zero-order valence-electron chi connectivity index (χ0n) is 9.82. The largest absolute Gasteiger partial charge is 0.478 e. The fraction of sp³-hybridized carbons (Fsp3) is 0.615. The molecule has 2 nitrogen and oxygen atoms in total. The normalized spacial score (nSPS) is 17.3. The van der Waals surface area contributed by atoms with Crippen molar-refractivity contribution in [2.75, 3.05) is 6.61 Å². The quantitative estimate of drug-likeness (QED) is 0.792. The first-order chi connectivity index (χ1) is 7.88. The molecule has 1 fully saturated rings. The summed E-state index contributed by atoms with van der Waals surface area (Å²) in [5, 5.41) is 0.797. The maximum Gasteiger partial charge on any atom is 0.214 e. The first kappa shape index (κ1) is 11.8. The average molecular weight is 237 g/mol. The molecule has 0 aliphatic heterocycles. The van der Waals surface area contributed by atoms with E-state index in [0.717, 1.165) is 11.1 Å². The van der Waals surface area contributed by atoms with Gasteiger partial charge in [-0.2, -0.15) is 0 Å². The van der Waals surface area contributed by atoms with Crippen LogP contribution in [0, 0.1) is 0 Å². The van der Waals surface area contributed by atoms with E-state index in [1.807, 2.05) is 24.9 Å². The molecule has 0 radical (unpaired) electrons. The van der Waals surface area contributed by atoms with Gasteiger partial charge in [-0.25, -0.2) is 4.98 Å². The zero-order valence-corrected chi connectivity index (χ0v) is 10.6. The Morgan fingerprint density at radius 1 is 1.38 bits per heavy atom. The fourth-order valence-corrected chi connectivity index (χ4v) is 3.33. The summed E-state index contributed by atoms with van der Waals surface area (Å²) in [5.74, 6) is 0.753. The van der Waals surface area contributed by atoms with Crippen molar-refractivity contribution in [3.8, 4) is 5.88 Å². The number of hydrogen-bond donors (Lipinski definition) is 0. The van der Waals surface area contributed by atoms with Gasteiger partial charge in [0.05, 0.1) is 6.61 Å². The SMILES string of the molecule is CCOc1cc(SC2CCCCC2)ccn1. The Labute approximate surface area is 102 Å². The lowest BCUT2D eigenvalue weighted by molar-refractivity contribution is 0.326. The van der Waals surface area contributed by atoms with Crippen LogP contribution in [0.1, 0.15) is 39.0 Å². The summed E-state index contributed by atoms with van der Waals surface area (Å²) in [6, 6.07) is 4.14. The van der Waals surface area contributed by atoms with Gasteiger partial charge < -0.3 is 4.74 Å². The van der Waals surface area contributed by atoms with Crippen LogP contribution >= 0.6 is 11.8 Å². The zero-order chi connectivity index (χ0) is 11.2. The molecule has 1 saturated carbocycles. The van der Waals surface area contributed by atoms with Gasteiger partial charge in [0.15, 0.2) is 0 Å². The minimum Gasteiger partial charge on any atom is -0.478 e. The Balaban J connectivity index is 1.94. The highest BCUT2D eigenvalue weighted by Crippen LogP contribution is 2.34. The number of nitrogens with zero attached hydrogens (tertiary/aromatic N) is 1.